The summed E-state index contributed by atoms with van der Waals surface area (Å²) in [4.78, 5) is 10.8. The van der Waals surface area contributed by atoms with E-state index in [1.807, 2.05) is 6.92 Å². The Morgan fingerprint density at radius 3 is 2.46 bits per heavy atom. The van der Waals surface area contributed by atoms with Crippen LogP contribution in [0.3, 0.4) is 0 Å². The predicted octanol–water partition coefficient (Wildman–Crippen LogP) is 3.98. The second-order valence-electron chi connectivity index (χ2n) is 2.05. The molecule has 0 aliphatic heterocycles. The Balaban J connectivity index is 3.65. The molecule has 13 heavy (non-hydrogen) atoms. The predicted molar refractivity (Wildman–Crippen MR) is 71.6 cm³/mol. The highest BCUT2D eigenvalue weighted by Crippen LogP contribution is 2.24. The van der Waals surface area contributed by atoms with E-state index in [9.17, 15) is 4.79 Å². The summed E-state index contributed by atoms with van der Waals surface area (Å²) in [5.41, 5.74) is 0. The lowest BCUT2D eigenvalue weighted by atomic mass is 10.5. The molecule has 0 aliphatic rings. The molecule has 0 bridgehead atoms. The fraction of sp³-hybridized carbons (Fsp3) is 0.571. The molecule has 0 aromatic rings. The molecule has 0 spiro atoms. The lowest BCUT2D eigenvalue weighted by molar-refractivity contribution is 0.0631. The molecule has 6 heteroatoms. The van der Waals surface area contributed by atoms with E-state index < -0.39 is 6.16 Å². The van der Waals surface area contributed by atoms with E-state index in [1.165, 1.54) is 0 Å². The summed E-state index contributed by atoms with van der Waals surface area (Å²) in [6.07, 6.45) is 0.194. The van der Waals surface area contributed by atoms with Gasteiger partial charge < -0.3 is 9.47 Å². The lowest BCUT2D eigenvalue weighted by Gasteiger charge is -2.04. The number of carbonyl (C=O) groups is 1. The van der Waals surface area contributed by atoms with Gasteiger partial charge >= 0.3 is 6.16 Å². The van der Waals surface area contributed by atoms with Gasteiger partial charge in [-0.3, -0.25) is 0 Å². The summed E-state index contributed by atoms with van der Waals surface area (Å²) in [5.74, 6) is 0. The molecule has 0 heterocycles. The SMILES string of the molecule is CCCOC(=O)OCC(I)=C(Br)I. The standard InChI is InChI=1S/C7H9BrI2O3/c1-2-3-12-7(11)13-4-5(9)6(8)10/h2-4H2,1H3. The molecule has 0 aliphatic carbocycles. The van der Waals surface area contributed by atoms with Crippen molar-refractivity contribution < 1.29 is 14.3 Å². The Bertz CT molecular complexity index is 202. The third-order valence-electron chi connectivity index (χ3n) is 0.946. The van der Waals surface area contributed by atoms with Gasteiger partial charge in [0, 0.05) is 3.58 Å². The smallest absolute Gasteiger partial charge is 0.434 e. The minimum atomic E-state index is -0.610. The zero-order valence-corrected chi connectivity index (χ0v) is 12.9. The molecule has 0 saturated heterocycles. The molecule has 0 rings (SSSR count). The third kappa shape index (κ3) is 7.98. The van der Waals surface area contributed by atoms with Crippen LogP contribution in [0.25, 0.3) is 0 Å². The summed E-state index contributed by atoms with van der Waals surface area (Å²) in [6.45, 7) is 2.59. The first kappa shape index (κ1) is 13.9. The Labute approximate surface area is 113 Å². The van der Waals surface area contributed by atoms with Crippen molar-refractivity contribution in [3.05, 3.63) is 6.07 Å². The van der Waals surface area contributed by atoms with Crippen molar-refractivity contribution >= 4 is 67.3 Å². The van der Waals surface area contributed by atoms with Gasteiger partial charge in [-0.2, -0.15) is 0 Å². The summed E-state index contributed by atoms with van der Waals surface area (Å²) in [6, 6.07) is 0. The first-order valence-corrected chi connectivity index (χ1v) is 6.52. The van der Waals surface area contributed by atoms with Crippen LogP contribution in [-0.4, -0.2) is 19.4 Å². The van der Waals surface area contributed by atoms with Gasteiger partial charge in [-0.1, -0.05) is 6.92 Å². The van der Waals surface area contributed by atoms with E-state index in [0.717, 1.165) is 12.5 Å². The first-order chi connectivity index (χ1) is 6.07. The van der Waals surface area contributed by atoms with E-state index in [0.29, 0.717) is 6.61 Å². The molecule has 0 atom stereocenters. The van der Waals surface area contributed by atoms with E-state index in [2.05, 4.69) is 61.1 Å². The summed E-state index contributed by atoms with van der Waals surface area (Å²) in [7, 11) is 0. The van der Waals surface area contributed by atoms with Crippen LogP contribution in [0.15, 0.2) is 6.07 Å². The van der Waals surface area contributed by atoms with Gasteiger partial charge in [0.1, 0.15) is 6.61 Å². The quantitative estimate of drug-likeness (QED) is 0.457. The molecule has 0 unspecified atom stereocenters. The summed E-state index contributed by atoms with van der Waals surface area (Å²) in [5, 5.41) is 0. The fourth-order valence-corrected chi connectivity index (χ4v) is 0.830. The minimum absolute atomic E-state index is 0.257. The average molecular weight is 475 g/mol. The van der Waals surface area contributed by atoms with E-state index in [1.54, 1.807) is 0 Å². The van der Waals surface area contributed by atoms with Gasteiger partial charge in [-0.15, -0.1) is 0 Å². The van der Waals surface area contributed by atoms with Gasteiger partial charge in [0.25, 0.3) is 0 Å². The van der Waals surface area contributed by atoms with Gasteiger partial charge in [0.2, 0.25) is 0 Å². The van der Waals surface area contributed by atoms with Crippen molar-refractivity contribution in [2.45, 2.75) is 13.3 Å². The third-order valence-corrected chi connectivity index (χ3v) is 4.70. The van der Waals surface area contributed by atoms with Crippen molar-refractivity contribution in [3.8, 4) is 0 Å². The van der Waals surface area contributed by atoms with Crippen LogP contribution in [0.1, 0.15) is 13.3 Å². The maximum Gasteiger partial charge on any atom is 0.508 e. The fourth-order valence-electron chi connectivity index (χ4n) is 0.404. The molecule has 0 aromatic heterocycles. The highest BCUT2D eigenvalue weighted by atomic mass is 127. The molecule has 76 valence electrons. The molecular formula is C7H9BrI2O3. The van der Waals surface area contributed by atoms with Gasteiger partial charge in [0.15, 0.2) is 0 Å². The summed E-state index contributed by atoms with van der Waals surface area (Å²) >= 11 is 7.46. The molecule has 3 nitrogen and oxygen atoms in total. The van der Waals surface area contributed by atoms with E-state index in [4.69, 9.17) is 9.47 Å². The van der Waals surface area contributed by atoms with E-state index >= 15 is 0 Å². The van der Waals surface area contributed by atoms with Crippen LogP contribution in [0.5, 0.6) is 0 Å². The normalized spacial score (nSPS) is 12.0. The molecule has 0 aromatic carbocycles. The summed E-state index contributed by atoms with van der Waals surface area (Å²) < 4.78 is 11.4. The zero-order chi connectivity index (χ0) is 10.3. The minimum Gasteiger partial charge on any atom is -0.434 e. The van der Waals surface area contributed by atoms with Crippen LogP contribution in [0, 0.1) is 0 Å². The number of carbonyl (C=O) groups excluding carboxylic acids is 1. The van der Waals surface area contributed by atoms with Gasteiger partial charge in [-0.05, 0) is 67.5 Å². The van der Waals surface area contributed by atoms with Crippen molar-refractivity contribution in [2.24, 2.45) is 0 Å². The maximum atomic E-state index is 10.8. The topological polar surface area (TPSA) is 35.5 Å². The van der Waals surface area contributed by atoms with Crippen LogP contribution >= 0.6 is 61.1 Å². The van der Waals surface area contributed by atoms with Crippen molar-refractivity contribution in [3.63, 3.8) is 0 Å². The Morgan fingerprint density at radius 2 is 2.00 bits per heavy atom. The van der Waals surface area contributed by atoms with Gasteiger partial charge in [-0.25, -0.2) is 4.79 Å². The van der Waals surface area contributed by atoms with Gasteiger partial charge in [0.05, 0.1) is 9.10 Å². The number of rotatable bonds is 4. The lowest BCUT2D eigenvalue weighted by Crippen LogP contribution is -2.09. The number of ether oxygens (including phenoxy) is 2. The van der Waals surface area contributed by atoms with Crippen molar-refractivity contribution in [2.75, 3.05) is 13.2 Å². The number of hydrogen-bond acceptors (Lipinski definition) is 3. The molecule has 0 saturated carbocycles. The first-order valence-electron chi connectivity index (χ1n) is 3.57. The molecular weight excluding hydrogens is 466 g/mol. The van der Waals surface area contributed by atoms with Crippen LogP contribution in [-0.2, 0) is 9.47 Å². The second-order valence-corrected chi connectivity index (χ2v) is 6.71. The monoisotopic (exact) mass is 474 g/mol. The van der Waals surface area contributed by atoms with Crippen LogP contribution < -0.4 is 0 Å². The maximum absolute atomic E-state index is 10.8. The van der Waals surface area contributed by atoms with Crippen molar-refractivity contribution in [1.29, 1.82) is 0 Å². The molecule has 0 radical (unpaired) electrons. The van der Waals surface area contributed by atoms with Crippen molar-refractivity contribution in [1.82, 2.24) is 0 Å². The Morgan fingerprint density at radius 1 is 1.38 bits per heavy atom. The Kier molecular flexibility index (Phi) is 8.88. The number of halogens is 3. The molecule has 0 N–H and O–H groups in total. The molecule has 0 amide bonds. The second kappa shape index (κ2) is 8.27. The average Bonchev–Trinajstić information content (AvgIpc) is 2.10. The zero-order valence-electron chi connectivity index (χ0n) is 6.98. The highest BCUT2D eigenvalue weighted by molar-refractivity contribution is 14.1. The van der Waals surface area contributed by atoms with Crippen LogP contribution in [0.2, 0.25) is 0 Å². The van der Waals surface area contributed by atoms with Crippen LogP contribution in [0.4, 0.5) is 4.79 Å². The molecule has 0 fully saturated rings. The Hall–Kier alpha value is 0.950. The van der Waals surface area contributed by atoms with E-state index in [-0.39, 0.29) is 6.61 Å². The highest BCUT2D eigenvalue weighted by Gasteiger charge is 2.05. The number of hydrogen-bond donors (Lipinski definition) is 0. The largest absolute Gasteiger partial charge is 0.508 e.